The number of hydrogen-bond acceptors (Lipinski definition) is 4. The maximum atomic E-state index is 12.9. The standard InChI is InChI=1S/C17H27N3OS/c1-13(10-18-2)16(21)20(11-14-3-8-22-12-14)15-9-17(15)4-6-19-7-5-17/h3,8,12-13,15,18-19H,4-7,9-11H2,1-2H3. The number of piperidine rings is 1. The number of nitrogens with zero attached hydrogens (tertiary/aromatic N) is 1. The van der Waals surface area contributed by atoms with Gasteiger partial charge < -0.3 is 15.5 Å². The number of nitrogens with one attached hydrogen (secondary N) is 2. The molecule has 1 saturated heterocycles. The summed E-state index contributed by atoms with van der Waals surface area (Å²) in [6, 6.07) is 2.59. The Balaban J connectivity index is 1.73. The summed E-state index contributed by atoms with van der Waals surface area (Å²) in [5.41, 5.74) is 1.67. The Morgan fingerprint density at radius 2 is 2.32 bits per heavy atom. The first kappa shape index (κ1) is 16.0. The molecule has 5 heteroatoms. The van der Waals surface area contributed by atoms with Gasteiger partial charge in [-0.05, 0) is 67.2 Å². The fourth-order valence-electron chi connectivity index (χ4n) is 3.83. The molecule has 3 rings (SSSR count). The summed E-state index contributed by atoms with van der Waals surface area (Å²) < 4.78 is 0. The van der Waals surface area contributed by atoms with Crippen molar-refractivity contribution in [2.75, 3.05) is 26.7 Å². The van der Waals surface area contributed by atoms with E-state index in [1.54, 1.807) is 11.3 Å². The first-order valence-corrected chi connectivity index (χ1v) is 9.27. The SMILES string of the molecule is CNCC(C)C(=O)N(Cc1ccsc1)C1CC12CCNCC2. The predicted octanol–water partition coefficient (Wildman–Crippen LogP) is 2.07. The van der Waals surface area contributed by atoms with E-state index in [1.165, 1.54) is 24.8 Å². The lowest BCUT2D eigenvalue weighted by Gasteiger charge is -2.31. The van der Waals surface area contributed by atoms with E-state index in [0.717, 1.165) is 26.2 Å². The van der Waals surface area contributed by atoms with Crippen LogP contribution in [0.2, 0.25) is 0 Å². The average Bonchev–Trinajstić information content (AvgIpc) is 2.97. The Kier molecular flexibility index (Phi) is 4.85. The Labute approximate surface area is 137 Å². The van der Waals surface area contributed by atoms with Gasteiger partial charge in [-0.3, -0.25) is 4.79 Å². The van der Waals surface area contributed by atoms with Crippen LogP contribution in [-0.2, 0) is 11.3 Å². The van der Waals surface area contributed by atoms with Gasteiger partial charge in [-0.1, -0.05) is 6.92 Å². The van der Waals surface area contributed by atoms with Gasteiger partial charge in [-0.2, -0.15) is 11.3 Å². The van der Waals surface area contributed by atoms with Gasteiger partial charge in [0.1, 0.15) is 0 Å². The summed E-state index contributed by atoms with van der Waals surface area (Å²) in [6.07, 6.45) is 3.62. The smallest absolute Gasteiger partial charge is 0.227 e. The predicted molar refractivity (Wildman–Crippen MR) is 90.9 cm³/mol. The van der Waals surface area contributed by atoms with E-state index >= 15 is 0 Å². The molecule has 2 aliphatic rings. The third-order valence-corrected chi connectivity index (χ3v) is 6.00. The van der Waals surface area contributed by atoms with E-state index in [4.69, 9.17) is 0 Å². The third kappa shape index (κ3) is 3.21. The third-order valence-electron chi connectivity index (χ3n) is 5.27. The molecule has 1 saturated carbocycles. The molecule has 0 radical (unpaired) electrons. The van der Waals surface area contributed by atoms with Crippen molar-refractivity contribution < 1.29 is 4.79 Å². The highest BCUT2D eigenvalue weighted by Gasteiger charge is 2.57. The molecule has 1 aromatic heterocycles. The van der Waals surface area contributed by atoms with Gasteiger partial charge in [0.15, 0.2) is 0 Å². The molecule has 4 nitrogen and oxygen atoms in total. The number of carbonyl (C=O) groups is 1. The fraction of sp³-hybridized carbons (Fsp3) is 0.706. The number of thiophene rings is 1. The van der Waals surface area contributed by atoms with E-state index in [0.29, 0.717) is 17.4 Å². The highest BCUT2D eigenvalue weighted by atomic mass is 32.1. The Morgan fingerprint density at radius 3 is 2.95 bits per heavy atom. The topological polar surface area (TPSA) is 44.4 Å². The summed E-state index contributed by atoms with van der Waals surface area (Å²) in [4.78, 5) is 15.1. The van der Waals surface area contributed by atoms with Crippen LogP contribution < -0.4 is 10.6 Å². The van der Waals surface area contributed by atoms with Crippen molar-refractivity contribution in [1.82, 2.24) is 15.5 Å². The van der Waals surface area contributed by atoms with Crippen LogP contribution >= 0.6 is 11.3 Å². The van der Waals surface area contributed by atoms with Gasteiger partial charge in [0.2, 0.25) is 5.91 Å². The summed E-state index contributed by atoms with van der Waals surface area (Å²) >= 11 is 1.71. The molecule has 1 aliphatic heterocycles. The molecule has 0 aromatic carbocycles. The van der Waals surface area contributed by atoms with Crippen LogP contribution in [0.5, 0.6) is 0 Å². The second-order valence-corrected chi connectivity index (χ2v) is 7.67. The van der Waals surface area contributed by atoms with Gasteiger partial charge in [0.25, 0.3) is 0 Å². The second-order valence-electron chi connectivity index (χ2n) is 6.89. The van der Waals surface area contributed by atoms with E-state index in [-0.39, 0.29) is 5.92 Å². The Hall–Kier alpha value is -0.910. The van der Waals surface area contributed by atoms with Crippen molar-refractivity contribution in [2.45, 2.75) is 38.8 Å². The van der Waals surface area contributed by atoms with Gasteiger partial charge in [-0.25, -0.2) is 0 Å². The Bertz CT molecular complexity index is 496. The molecule has 0 bridgehead atoms. The van der Waals surface area contributed by atoms with Crippen LogP contribution in [0.1, 0.15) is 31.7 Å². The van der Waals surface area contributed by atoms with E-state index in [2.05, 4.69) is 32.4 Å². The molecule has 1 aromatic rings. The summed E-state index contributed by atoms with van der Waals surface area (Å²) in [5, 5.41) is 10.8. The number of hydrogen-bond donors (Lipinski definition) is 2. The molecule has 2 N–H and O–H groups in total. The fourth-order valence-corrected chi connectivity index (χ4v) is 4.49. The van der Waals surface area contributed by atoms with Crippen molar-refractivity contribution in [1.29, 1.82) is 0 Å². The highest BCUT2D eigenvalue weighted by Crippen LogP contribution is 2.56. The van der Waals surface area contributed by atoms with Crippen LogP contribution in [0.15, 0.2) is 16.8 Å². The minimum absolute atomic E-state index is 0.0444. The lowest BCUT2D eigenvalue weighted by atomic mass is 9.93. The van der Waals surface area contributed by atoms with Crippen molar-refractivity contribution in [3.8, 4) is 0 Å². The van der Waals surface area contributed by atoms with Crippen molar-refractivity contribution in [3.63, 3.8) is 0 Å². The summed E-state index contributed by atoms with van der Waals surface area (Å²) in [7, 11) is 1.92. The Morgan fingerprint density at radius 1 is 1.55 bits per heavy atom. The molecule has 1 spiro atoms. The molecule has 1 aliphatic carbocycles. The maximum Gasteiger partial charge on any atom is 0.227 e. The molecule has 2 fully saturated rings. The molecule has 122 valence electrons. The first-order valence-electron chi connectivity index (χ1n) is 8.33. The minimum atomic E-state index is 0.0444. The first-order chi connectivity index (χ1) is 10.7. The molecule has 2 atom stereocenters. The minimum Gasteiger partial charge on any atom is -0.335 e. The van der Waals surface area contributed by atoms with E-state index in [1.807, 2.05) is 14.0 Å². The zero-order valence-corrected chi connectivity index (χ0v) is 14.4. The van der Waals surface area contributed by atoms with E-state index in [9.17, 15) is 4.79 Å². The molecule has 1 amide bonds. The molecular formula is C17H27N3OS. The number of carbonyl (C=O) groups excluding carboxylic acids is 1. The summed E-state index contributed by atoms with van der Waals surface area (Å²) in [6.45, 7) is 5.76. The maximum absolute atomic E-state index is 12.9. The number of amides is 1. The van der Waals surface area contributed by atoms with E-state index < -0.39 is 0 Å². The van der Waals surface area contributed by atoms with Crippen LogP contribution in [0.4, 0.5) is 0 Å². The molecule has 2 heterocycles. The molecular weight excluding hydrogens is 294 g/mol. The normalized spacial score (nSPS) is 24.2. The highest BCUT2D eigenvalue weighted by molar-refractivity contribution is 7.07. The number of rotatable bonds is 6. The second kappa shape index (κ2) is 6.69. The van der Waals surface area contributed by atoms with Gasteiger partial charge in [0.05, 0.1) is 0 Å². The lowest BCUT2D eigenvalue weighted by Crippen LogP contribution is -2.43. The van der Waals surface area contributed by atoms with Crippen molar-refractivity contribution in [3.05, 3.63) is 22.4 Å². The quantitative estimate of drug-likeness (QED) is 0.843. The molecule has 22 heavy (non-hydrogen) atoms. The zero-order valence-electron chi connectivity index (χ0n) is 13.6. The monoisotopic (exact) mass is 321 g/mol. The van der Waals surface area contributed by atoms with Crippen LogP contribution in [0.25, 0.3) is 0 Å². The van der Waals surface area contributed by atoms with Crippen LogP contribution in [0.3, 0.4) is 0 Å². The zero-order chi connectivity index (χ0) is 15.6. The van der Waals surface area contributed by atoms with Gasteiger partial charge in [-0.15, -0.1) is 0 Å². The van der Waals surface area contributed by atoms with Crippen LogP contribution in [0, 0.1) is 11.3 Å². The summed E-state index contributed by atoms with van der Waals surface area (Å²) in [5.74, 6) is 0.351. The average molecular weight is 321 g/mol. The largest absolute Gasteiger partial charge is 0.335 e. The van der Waals surface area contributed by atoms with Crippen molar-refractivity contribution in [2.24, 2.45) is 11.3 Å². The van der Waals surface area contributed by atoms with Gasteiger partial charge >= 0.3 is 0 Å². The van der Waals surface area contributed by atoms with Gasteiger partial charge in [0, 0.05) is 25.0 Å². The lowest BCUT2D eigenvalue weighted by molar-refractivity contribution is -0.136. The van der Waals surface area contributed by atoms with Crippen LogP contribution in [-0.4, -0.2) is 43.5 Å². The molecule has 2 unspecified atom stereocenters. The van der Waals surface area contributed by atoms with Crippen molar-refractivity contribution >= 4 is 17.2 Å².